The van der Waals surface area contributed by atoms with E-state index < -0.39 is 11.7 Å². The van der Waals surface area contributed by atoms with Crippen molar-refractivity contribution in [2.75, 3.05) is 26.2 Å². The smallest absolute Gasteiger partial charge is 0.314 e. The molecular weight excluding hydrogens is 277 g/mol. The number of benzene rings is 1. The minimum Gasteiger partial charge on any atom is -0.314 e. The first-order valence-electron chi connectivity index (χ1n) is 6.21. The van der Waals surface area contributed by atoms with Crippen molar-refractivity contribution in [3.05, 3.63) is 34.3 Å². The molecule has 0 spiro atoms. The van der Waals surface area contributed by atoms with Crippen molar-refractivity contribution < 1.29 is 13.2 Å². The molecule has 1 aromatic rings. The average Bonchev–Trinajstić information content (AvgIpc) is 2.38. The first kappa shape index (κ1) is 14.6. The molecule has 1 fully saturated rings. The van der Waals surface area contributed by atoms with Crippen LogP contribution in [0.25, 0.3) is 0 Å². The fourth-order valence-corrected chi connectivity index (χ4v) is 2.58. The van der Waals surface area contributed by atoms with E-state index in [1.165, 1.54) is 6.07 Å². The van der Waals surface area contributed by atoms with Crippen LogP contribution in [0.2, 0.25) is 5.02 Å². The minimum absolute atomic E-state index is 0.114. The normalized spacial score (nSPS) is 19.4. The molecule has 1 aromatic carbocycles. The molecule has 1 atom stereocenters. The predicted molar refractivity (Wildman–Crippen MR) is 69.3 cm³/mol. The van der Waals surface area contributed by atoms with Crippen LogP contribution < -0.4 is 5.32 Å². The highest BCUT2D eigenvalue weighted by Gasteiger charge is 2.32. The summed E-state index contributed by atoms with van der Waals surface area (Å²) in [5, 5.41) is 3.60. The van der Waals surface area contributed by atoms with Gasteiger partial charge < -0.3 is 5.32 Å². The maximum atomic E-state index is 12.7. The topological polar surface area (TPSA) is 15.3 Å². The van der Waals surface area contributed by atoms with Gasteiger partial charge in [-0.3, -0.25) is 4.90 Å². The van der Waals surface area contributed by atoms with E-state index in [1.807, 2.05) is 6.92 Å². The fraction of sp³-hybridized carbons (Fsp3) is 0.538. The molecule has 1 aliphatic heterocycles. The molecule has 1 heterocycles. The molecule has 0 unspecified atom stereocenters. The number of nitrogens with zero attached hydrogens (tertiary/aromatic N) is 1. The van der Waals surface area contributed by atoms with Crippen molar-refractivity contribution in [3.63, 3.8) is 0 Å². The van der Waals surface area contributed by atoms with Crippen LogP contribution in [0.15, 0.2) is 18.2 Å². The van der Waals surface area contributed by atoms with Gasteiger partial charge in [-0.25, -0.2) is 0 Å². The van der Waals surface area contributed by atoms with Gasteiger partial charge in [0.15, 0.2) is 0 Å². The first-order valence-corrected chi connectivity index (χ1v) is 6.59. The second-order valence-corrected chi connectivity index (χ2v) is 5.10. The molecule has 0 radical (unpaired) electrons. The summed E-state index contributed by atoms with van der Waals surface area (Å²) in [7, 11) is 0. The quantitative estimate of drug-likeness (QED) is 0.899. The summed E-state index contributed by atoms with van der Waals surface area (Å²) in [4.78, 5) is 2.14. The molecule has 1 aliphatic rings. The molecule has 0 bridgehead atoms. The molecule has 2 rings (SSSR count). The lowest BCUT2D eigenvalue weighted by Gasteiger charge is -2.33. The lowest BCUT2D eigenvalue weighted by molar-refractivity contribution is -0.137. The zero-order valence-electron chi connectivity index (χ0n) is 10.6. The monoisotopic (exact) mass is 292 g/mol. The van der Waals surface area contributed by atoms with Gasteiger partial charge in [0, 0.05) is 37.2 Å². The Morgan fingerprint density at radius 3 is 2.47 bits per heavy atom. The van der Waals surface area contributed by atoms with Crippen molar-refractivity contribution in [2.24, 2.45) is 0 Å². The van der Waals surface area contributed by atoms with E-state index in [4.69, 9.17) is 11.6 Å². The Labute approximate surface area is 115 Å². The number of hydrogen-bond acceptors (Lipinski definition) is 2. The zero-order chi connectivity index (χ0) is 14.0. The summed E-state index contributed by atoms with van der Waals surface area (Å²) >= 11 is 6.05. The van der Waals surface area contributed by atoms with Crippen LogP contribution in [-0.2, 0) is 6.18 Å². The molecule has 2 nitrogen and oxygen atoms in total. The Kier molecular flexibility index (Phi) is 4.38. The van der Waals surface area contributed by atoms with Crippen molar-refractivity contribution in [1.82, 2.24) is 10.2 Å². The van der Waals surface area contributed by atoms with E-state index in [0.717, 1.165) is 38.3 Å². The summed E-state index contributed by atoms with van der Waals surface area (Å²) < 4.78 is 38.2. The third-order valence-electron chi connectivity index (χ3n) is 3.47. The fourth-order valence-electron chi connectivity index (χ4n) is 2.31. The van der Waals surface area contributed by atoms with E-state index in [0.29, 0.717) is 10.6 Å². The highest BCUT2D eigenvalue weighted by atomic mass is 35.5. The van der Waals surface area contributed by atoms with E-state index in [9.17, 15) is 13.2 Å². The summed E-state index contributed by atoms with van der Waals surface area (Å²) in [6.45, 7) is 5.22. The molecular formula is C13H16ClF3N2. The van der Waals surface area contributed by atoms with Crippen LogP contribution in [0.3, 0.4) is 0 Å². The Morgan fingerprint density at radius 1 is 1.26 bits per heavy atom. The standard InChI is InChI=1S/C13H16ClF3N2/c1-9(19-6-4-18-5-7-19)11-8-10(13(15,16)17)2-3-12(11)14/h2-3,8-9,18H,4-7H2,1H3/t9-/m1/s1. The molecule has 19 heavy (non-hydrogen) atoms. The van der Waals surface area contributed by atoms with Crippen molar-refractivity contribution >= 4 is 11.6 Å². The Hall–Kier alpha value is -0.780. The van der Waals surface area contributed by atoms with Crippen LogP contribution in [0, 0.1) is 0 Å². The molecule has 1 saturated heterocycles. The van der Waals surface area contributed by atoms with Crippen LogP contribution >= 0.6 is 11.6 Å². The molecule has 6 heteroatoms. The van der Waals surface area contributed by atoms with Crippen molar-refractivity contribution in [3.8, 4) is 0 Å². The minimum atomic E-state index is -4.33. The van der Waals surface area contributed by atoms with Crippen LogP contribution in [0.5, 0.6) is 0 Å². The maximum Gasteiger partial charge on any atom is 0.416 e. The van der Waals surface area contributed by atoms with Crippen LogP contribution in [0.4, 0.5) is 13.2 Å². The van der Waals surface area contributed by atoms with Crippen LogP contribution in [-0.4, -0.2) is 31.1 Å². The Morgan fingerprint density at radius 2 is 1.89 bits per heavy atom. The van der Waals surface area contributed by atoms with Crippen LogP contribution in [0.1, 0.15) is 24.1 Å². The number of rotatable bonds is 2. The van der Waals surface area contributed by atoms with Gasteiger partial charge in [0.05, 0.1) is 5.56 Å². The van der Waals surface area contributed by atoms with E-state index in [2.05, 4.69) is 10.2 Å². The number of hydrogen-bond donors (Lipinski definition) is 1. The number of piperazine rings is 1. The third kappa shape index (κ3) is 3.41. The summed E-state index contributed by atoms with van der Waals surface area (Å²) in [5.74, 6) is 0. The number of halogens is 4. The van der Waals surface area contributed by atoms with Gasteiger partial charge in [0.1, 0.15) is 0 Å². The van der Waals surface area contributed by atoms with Gasteiger partial charge in [0.2, 0.25) is 0 Å². The third-order valence-corrected chi connectivity index (χ3v) is 3.82. The van der Waals surface area contributed by atoms with E-state index >= 15 is 0 Å². The largest absolute Gasteiger partial charge is 0.416 e. The second kappa shape index (κ2) is 5.69. The molecule has 0 saturated carbocycles. The van der Waals surface area contributed by atoms with E-state index in [-0.39, 0.29) is 6.04 Å². The average molecular weight is 293 g/mol. The summed E-state index contributed by atoms with van der Waals surface area (Å²) in [6.07, 6.45) is -4.33. The zero-order valence-corrected chi connectivity index (χ0v) is 11.4. The predicted octanol–water partition coefficient (Wildman–Crippen LogP) is 3.33. The van der Waals surface area contributed by atoms with Gasteiger partial charge in [-0.05, 0) is 30.7 Å². The van der Waals surface area contributed by atoms with Crippen molar-refractivity contribution in [2.45, 2.75) is 19.1 Å². The Balaban J connectivity index is 2.27. The molecule has 1 N–H and O–H groups in total. The van der Waals surface area contributed by atoms with Gasteiger partial charge in [-0.1, -0.05) is 11.6 Å². The highest BCUT2D eigenvalue weighted by Crippen LogP contribution is 2.35. The number of alkyl halides is 3. The maximum absolute atomic E-state index is 12.7. The van der Waals surface area contributed by atoms with Crippen molar-refractivity contribution in [1.29, 1.82) is 0 Å². The SMILES string of the molecule is C[C@H](c1cc(C(F)(F)F)ccc1Cl)N1CCNCC1. The van der Waals surface area contributed by atoms with Gasteiger partial charge in [-0.15, -0.1) is 0 Å². The lowest BCUT2D eigenvalue weighted by Crippen LogP contribution is -2.44. The second-order valence-electron chi connectivity index (χ2n) is 4.70. The molecule has 0 aliphatic carbocycles. The molecule has 106 valence electrons. The Bertz CT molecular complexity index is 442. The van der Waals surface area contributed by atoms with Gasteiger partial charge >= 0.3 is 6.18 Å². The van der Waals surface area contributed by atoms with E-state index in [1.54, 1.807) is 0 Å². The van der Waals surface area contributed by atoms with Gasteiger partial charge in [-0.2, -0.15) is 13.2 Å². The lowest BCUT2D eigenvalue weighted by atomic mass is 10.0. The summed E-state index contributed by atoms with van der Waals surface area (Å²) in [6, 6.07) is 3.40. The number of nitrogens with one attached hydrogen (secondary N) is 1. The first-order chi connectivity index (χ1) is 8.89. The molecule has 0 amide bonds. The highest BCUT2D eigenvalue weighted by molar-refractivity contribution is 6.31. The molecule has 0 aromatic heterocycles. The van der Waals surface area contributed by atoms with Gasteiger partial charge in [0.25, 0.3) is 0 Å². The summed E-state index contributed by atoms with van der Waals surface area (Å²) in [5.41, 5.74) is -0.104.